The largest absolute Gasteiger partial charge is 0.490 e. The van der Waals surface area contributed by atoms with Crippen LogP contribution in [-0.2, 0) is 6.42 Å². The van der Waals surface area contributed by atoms with E-state index in [1.165, 1.54) is 13.2 Å². The van der Waals surface area contributed by atoms with Crippen molar-refractivity contribution in [2.75, 3.05) is 17.7 Å². The molecule has 0 saturated heterocycles. The Morgan fingerprint density at radius 2 is 1.74 bits per heavy atom. The third-order valence-corrected chi connectivity index (χ3v) is 6.19. The topological polar surface area (TPSA) is 114 Å². The summed E-state index contributed by atoms with van der Waals surface area (Å²) in [5.41, 5.74) is 6.16. The molecule has 0 bridgehead atoms. The van der Waals surface area contributed by atoms with Crippen LogP contribution < -0.4 is 15.4 Å². The van der Waals surface area contributed by atoms with Crippen LogP contribution in [-0.4, -0.2) is 29.2 Å². The highest BCUT2D eigenvalue weighted by Crippen LogP contribution is 2.38. The number of amides is 1. The number of aliphatic hydroxyl groups is 1. The lowest BCUT2D eigenvalue weighted by molar-refractivity contribution is -0.385. The second-order valence-electron chi connectivity index (χ2n) is 8.41. The van der Waals surface area contributed by atoms with Gasteiger partial charge in [0.15, 0.2) is 5.75 Å². The Labute approximate surface area is 197 Å². The number of carbonyl (C=O) groups is 1. The van der Waals surface area contributed by atoms with Crippen molar-refractivity contribution in [2.24, 2.45) is 0 Å². The van der Waals surface area contributed by atoms with Gasteiger partial charge in [-0.2, -0.15) is 0 Å². The molecule has 0 aliphatic carbocycles. The predicted molar refractivity (Wildman–Crippen MR) is 132 cm³/mol. The lowest BCUT2D eigenvalue weighted by Crippen LogP contribution is -2.11. The molecule has 8 nitrogen and oxygen atoms in total. The smallest absolute Gasteiger partial charge is 0.310 e. The van der Waals surface area contributed by atoms with Crippen LogP contribution >= 0.6 is 0 Å². The lowest BCUT2D eigenvalue weighted by Gasteiger charge is -2.15. The van der Waals surface area contributed by atoms with Crippen LogP contribution in [0.3, 0.4) is 0 Å². The molecule has 0 saturated carbocycles. The molecule has 3 aromatic rings. The van der Waals surface area contributed by atoms with Crippen molar-refractivity contribution in [1.82, 2.24) is 0 Å². The highest BCUT2D eigenvalue weighted by atomic mass is 16.6. The first-order valence-corrected chi connectivity index (χ1v) is 11.2. The van der Waals surface area contributed by atoms with Crippen LogP contribution in [0.25, 0.3) is 11.1 Å². The maximum Gasteiger partial charge on any atom is 0.310 e. The van der Waals surface area contributed by atoms with E-state index in [9.17, 15) is 20.0 Å². The van der Waals surface area contributed by atoms with E-state index in [1.54, 1.807) is 24.3 Å². The van der Waals surface area contributed by atoms with E-state index in [0.717, 1.165) is 34.4 Å². The van der Waals surface area contributed by atoms with Crippen LogP contribution in [0, 0.1) is 17.0 Å². The Balaban J connectivity index is 1.71. The van der Waals surface area contributed by atoms with E-state index in [-0.39, 0.29) is 23.4 Å². The van der Waals surface area contributed by atoms with Crippen molar-refractivity contribution in [2.45, 2.75) is 39.2 Å². The van der Waals surface area contributed by atoms with E-state index < -0.39 is 4.92 Å². The SMILES string of the molecule is CCC(O)CCc1cc2c(cc1C)NC(=O)c1ccc(-c3ccc([N+](=O)[O-])c(OC)c3)cc1N2. The summed E-state index contributed by atoms with van der Waals surface area (Å²) < 4.78 is 5.20. The third-order valence-electron chi connectivity index (χ3n) is 6.19. The van der Waals surface area contributed by atoms with Gasteiger partial charge in [0.25, 0.3) is 5.91 Å². The number of nitrogens with one attached hydrogen (secondary N) is 2. The monoisotopic (exact) mass is 461 g/mol. The van der Waals surface area contributed by atoms with Crippen molar-refractivity contribution >= 4 is 28.7 Å². The van der Waals surface area contributed by atoms with Crippen molar-refractivity contribution in [3.8, 4) is 16.9 Å². The second-order valence-corrected chi connectivity index (χ2v) is 8.41. The number of hydrogen-bond acceptors (Lipinski definition) is 6. The fraction of sp³-hybridized carbons (Fsp3) is 0.269. The van der Waals surface area contributed by atoms with Gasteiger partial charge in [-0.25, -0.2) is 0 Å². The average Bonchev–Trinajstić information content (AvgIpc) is 2.96. The molecule has 0 radical (unpaired) electrons. The number of nitro benzene ring substituents is 1. The lowest BCUT2D eigenvalue weighted by atomic mass is 9.99. The molecule has 8 heteroatoms. The number of nitro groups is 1. The molecule has 0 spiro atoms. The minimum absolute atomic E-state index is 0.108. The molecule has 1 aliphatic rings. The first-order chi connectivity index (χ1) is 16.3. The molecular formula is C26H27N3O5. The van der Waals surface area contributed by atoms with Crippen molar-refractivity contribution in [3.05, 3.63) is 75.3 Å². The third kappa shape index (κ3) is 4.58. The molecule has 1 atom stereocenters. The number of nitrogens with zero attached hydrogens (tertiary/aromatic N) is 1. The molecule has 3 N–H and O–H groups in total. The van der Waals surface area contributed by atoms with Gasteiger partial charge in [-0.1, -0.05) is 13.0 Å². The average molecular weight is 462 g/mol. The fourth-order valence-corrected chi connectivity index (χ4v) is 4.12. The molecule has 1 aliphatic heterocycles. The summed E-state index contributed by atoms with van der Waals surface area (Å²) in [5, 5.41) is 27.5. The quantitative estimate of drug-likeness (QED) is 0.312. The maximum absolute atomic E-state index is 12.9. The first kappa shape index (κ1) is 23.3. The van der Waals surface area contributed by atoms with Crippen LogP contribution in [0.15, 0.2) is 48.5 Å². The Kier molecular flexibility index (Phi) is 6.51. The Morgan fingerprint density at radius 1 is 1.03 bits per heavy atom. The number of rotatable bonds is 7. The van der Waals surface area contributed by atoms with Gasteiger partial charge in [0.05, 0.1) is 40.8 Å². The standard InChI is InChI=1S/C26H27N3O5/c1-4-19(30)8-5-16-12-23-22(11-15(16)2)28-26(31)20-9-6-17(13-21(20)27-23)18-7-10-24(29(32)33)25(14-18)34-3/h6-7,9-14,19,27,30H,4-5,8H2,1-3H3,(H,28,31). The number of aliphatic hydroxyl groups excluding tert-OH is 1. The van der Waals surface area contributed by atoms with Crippen LogP contribution in [0.5, 0.6) is 5.75 Å². The minimum atomic E-state index is -0.485. The van der Waals surface area contributed by atoms with Gasteiger partial charge in [-0.3, -0.25) is 14.9 Å². The maximum atomic E-state index is 12.9. The highest BCUT2D eigenvalue weighted by molar-refractivity contribution is 6.12. The van der Waals surface area contributed by atoms with E-state index in [2.05, 4.69) is 10.6 Å². The second kappa shape index (κ2) is 9.52. The zero-order valence-corrected chi connectivity index (χ0v) is 19.3. The van der Waals surface area contributed by atoms with Crippen molar-refractivity contribution < 1.29 is 19.6 Å². The zero-order chi connectivity index (χ0) is 24.4. The molecule has 3 aromatic carbocycles. The predicted octanol–water partition coefficient (Wildman–Crippen LogP) is 5.59. The number of methoxy groups -OCH3 is 1. The van der Waals surface area contributed by atoms with Gasteiger partial charge in [-0.15, -0.1) is 0 Å². The summed E-state index contributed by atoms with van der Waals surface area (Å²) in [7, 11) is 1.39. The Hall–Kier alpha value is -3.91. The van der Waals surface area contributed by atoms with E-state index in [1.807, 2.05) is 32.0 Å². The van der Waals surface area contributed by atoms with Gasteiger partial charge in [0.1, 0.15) is 0 Å². The summed E-state index contributed by atoms with van der Waals surface area (Å²) >= 11 is 0. The molecule has 1 unspecified atom stereocenters. The fourth-order valence-electron chi connectivity index (χ4n) is 4.12. The van der Waals surface area contributed by atoms with Crippen LogP contribution in [0.2, 0.25) is 0 Å². The number of fused-ring (bicyclic) bond motifs is 2. The number of ether oxygens (including phenoxy) is 1. The van der Waals surface area contributed by atoms with Gasteiger partial charge >= 0.3 is 5.69 Å². The number of aryl methyl sites for hydroxylation is 2. The molecule has 0 fully saturated rings. The first-order valence-electron chi connectivity index (χ1n) is 11.2. The number of carbonyl (C=O) groups excluding carboxylic acids is 1. The summed E-state index contributed by atoms with van der Waals surface area (Å²) in [6, 6.07) is 14.0. The summed E-state index contributed by atoms with van der Waals surface area (Å²) in [6.07, 6.45) is 1.78. The molecule has 176 valence electrons. The Bertz CT molecular complexity index is 1270. The van der Waals surface area contributed by atoms with Gasteiger partial charge in [0.2, 0.25) is 0 Å². The molecule has 1 heterocycles. The number of anilines is 3. The van der Waals surface area contributed by atoms with Crippen LogP contribution in [0.1, 0.15) is 41.3 Å². The molecule has 34 heavy (non-hydrogen) atoms. The van der Waals surface area contributed by atoms with Crippen molar-refractivity contribution in [3.63, 3.8) is 0 Å². The number of benzene rings is 3. The molecule has 0 aromatic heterocycles. The molecular weight excluding hydrogens is 434 g/mol. The van der Waals surface area contributed by atoms with Gasteiger partial charge in [0, 0.05) is 6.07 Å². The van der Waals surface area contributed by atoms with Gasteiger partial charge < -0.3 is 20.5 Å². The van der Waals surface area contributed by atoms with Gasteiger partial charge in [-0.05, 0) is 84.8 Å². The molecule has 4 rings (SSSR count). The van der Waals surface area contributed by atoms with E-state index in [0.29, 0.717) is 29.8 Å². The highest BCUT2D eigenvalue weighted by Gasteiger charge is 2.22. The zero-order valence-electron chi connectivity index (χ0n) is 19.3. The normalized spacial score (nSPS) is 13.1. The summed E-state index contributed by atoms with van der Waals surface area (Å²) in [4.78, 5) is 23.6. The van der Waals surface area contributed by atoms with E-state index in [4.69, 9.17) is 4.74 Å². The van der Waals surface area contributed by atoms with Crippen LogP contribution in [0.4, 0.5) is 22.7 Å². The number of hydrogen-bond donors (Lipinski definition) is 3. The minimum Gasteiger partial charge on any atom is -0.490 e. The molecule has 1 amide bonds. The summed E-state index contributed by atoms with van der Waals surface area (Å²) in [5.74, 6) is -0.0505. The Morgan fingerprint density at radius 3 is 2.44 bits per heavy atom. The van der Waals surface area contributed by atoms with Crippen molar-refractivity contribution in [1.29, 1.82) is 0 Å². The van der Waals surface area contributed by atoms with E-state index >= 15 is 0 Å². The summed E-state index contributed by atoms with van der Waals surface area (Å²) in [6.45, 7) is 3.96.